The van der Waals surface area contributed by atoms with Crippen molar-refractivity contribution in [3.8, 4) is 0 Å². The van der Waals surface area contributed by atoms with Crippen LogP contribution in [0.3, 0.4) is 0 Å². The summed E-state index contributed by atoms with van der Waals surface area (Å²) in [4.78, 5) is 10.5. The van der Waals surface area contributed by atoms with Crippen molar-refractivity contribution in [2.45, 2.75) is 43.9 Å². The van der Waals surface area contributed by atoms with E-state index in [1.165, 1.54) is 0 Å². The molecule has 16 heavy (non-hydrogen) atoms. The Morgan fingerprint density at radius 3 is 2.75 bits per heavy atom. The summed E-state index contributed by atoms with van der Waals surface area (Å²) in [6.07, 6.45) is 2.27. The molecule has 3 atom stereocenters. The van der Waals surface area contributed by atoms with Crippen molar-refractivity contribution in [2.75, 3.05) is 19.6 Å². The standard InChI is InChI=1S/C10H18ClNO4/c1-15-9-4-3-8(12(13)14)7-10(9)16-6-2-5-11/h8-10H,2-7H2,1H3. The second kappa shape index (κ2) is 7.04. The molecule has 0 spiro atoms. The zero-order valence-corrected chi connectivity index (χ0v) is 10.2. The van der Waals surface area contributed by atoms with Gasteiger partial charge in [0, 0.05) is 37.4 Å². The first kappa shape index (κ1) is 13.7. The van der Waals surface area contributed by atoms with Crippen LogP contribution >= 0.6 is 11.6 Å². The Hall–Kier alpha value is -0.390. The molecule has 94 valence electrons. The Bertz CT molecular complexity index is 227. The molecule has 1 saturated carbocycles. The van der Waals surface area contributed by atoms with Gasteiger partial charge in [-0.25, -0.2) is 0 Å². The maximum absolute atomic E-state index is 10.7. The van der Waals surface area contributed by atoms with Gasteiger partial charge in [-0.3, -0.25) is 10.1 Å². The highest BCUT2D eigenvalue weighted by atomic mass is 35.5. The van der Waals surface area contributed by atoms with Gasteiger partial charge < -0.3 is 9.47 Å². The third-order valence-electron chi connectivity index (χ3n) is 2.91. The number of ether oxygens (including phenoxy) is 2. The Kier molecular flexibility index (Phi) is 6.01. The van der Waals surface area contributed by atoms with Crippen LogP contribution in [-0.4, -0.2) is 42.8 Å². The molecule has 1 aliphatic rings. The third kappa shape index (κ3) is 3.88. The van der Waals surface area contributed by atoms with Gasteiger partial charge in [0.05, 0.1) is 12.2 Å². The fourth-order valence-electron chi connectivity index (χ4n) is 2.01. The second-order valence-electron chi connectivity index (χ2n) is 3.98. The maximum atomic E-state index is 10.7. The van der Waals surface area contributed by atoms with Crippen molar-refractivity contribution in [3.05, 3.63) is 10.1 Å². The summed E-state index contributed by atoms with van der Waals surface area (Å²) in [7, 11) is 1.62. The SMILES string of the molecule is COC1CCC([N+](=O)[O-])CC1OCCCCl. The van der Waals surface area contributed by atoms with Crippen molar-refractivity contribution in [2.24, 2.45) is 0 Å². The summed E-state index contributed by atoms with van der Waals surface area (Å²) in [6, 6.07) is -0.493. The Balaban J connectivity index is 2.43. The van der Waals surface area contributed by atoms with Crippen LogP contribution < -0.4 is 0 Å². The summed E-state index contributed by atoms with van der Waals surface area (Å²) in [5.74, 6) is 0.545. The van der Waals surface area contributed by atoms with Crippen LogP contribution in [0, 0.1) is 10.1 Å². The lowest BCUT2D eigenvalue weighted by Crippen LogP contribution is -2.42. The first-order chi connectivity index (χ1) is 7.69. The van der Waals surface area contributed by atoms with Gasteiger partial charge in [0.15, 0.2) is 0 Å². The van der Waals surface area contributed by atoms with E-state index in [2.05, 4.69) is 0 Å². The number of nitrogens with zero attached hydrogens (tertiary/aromatic N) is 1. The average molecular weight is 252 g/mol. The largest absolute Gasteiger partial charge is 0.379 e. The summed E-state index contributed by atoms with van der Waals surface area (Å²) in [5, 5.41) is 10.7. The molecule has 3 unspecified atom stereocenters. The van der Waals surface area contributed by atoms with E-state index in [1.807, 2.05) is 0 Å². The Morgan fingerprint density at radius 2 is 2.19 bits per heavy atom. The van der Waals surface area contributed by atoms with Gasteiger partial charge >= 0.3 is 0 Å². The van der Waals surface area contributed by atoms with Crippen molar-refractivity contribution < 1.29 is 14.4 Å². The van der Waals surface area contributed by atoms with Gasteiger partial charge in [0.1, 0.15) is 0 Å². The molecule has 0 aromatic carbocycles. The van der Waals surface area contributed by atoms with Crippen molar-refractivity contribution in [1.29, 1.82) is 0 Å². The van der Waals surface area contributed by atoms with E-state index in [4.69, 9.17) is 21.1 Å². The number of halogens is 1. The van der Waals surface area contributed by atoms with E-state index in [-0.39, 0.29) is 17.1 Å². The van der Waals surface area contributed by atoms with Gasteiger partial charge in [-0.15, -0.1) is 11.6 Å². The fourth-order valence-corrected chi connectivity index (χ4v) is 2.12. The average Bonchev–Trinajstić information content (AvgIpc) is 2.29. The minimum absolute atomic E-state index is 0.0217. The number of methoxy groups -OCH3 is 1. The molecule has 1 fully saturated rings. The normalized spacial score (nSPS) is 30.2. The highest BCUT2D eigenvalue weighted by Gasteiger charge is 2.36. The molecule has 0 aromatic heterocycles. The van der Waals surface area contributed by atoms with E-state index in [0.29, 0.717) is 31.7 Å². The highest BCUT2D eigenvalue weighted by molar-refractivity contribution is 6.17. The molecule has 5 nitrogen and oxygen atoms in total. The molecule has 0 saturated heterocycles. The Morgan fingerprint density at radius 1 is 1.44 bits per heavy atom. The molecular weight excluding hydrogens is 234 g/mol. The van der Waals surface area contributed by atoms with Crippen molar-refractivity contribution >= 4 is 11.6 Å². The smallest absolute Gasteiger partial charge is 0.215 e. The summed E-state index contributed by atoms with van der Waals surface area (Å²) < 4.78 is 10.9. The van der Waals surface area contributed by atoms with Crippen LogP contribution in [-0.2, 0) is 9.47 Å². The highest BCUT2D eigenvalue weighted by Crippen LogP contribution is 2.25. The number of nitro groups is 1. The summed E-state index contributed by atoms with van der Waals surface area (Å²) in [6.45, 7) is 0.540. The number of rotatable bonds is 6. The predicted molar refractivity (Wildman–Crippen MR) is 60.5 cm³/mol. The van der Waals surface area contributed by atoms with Gasteiger partial charge in [-0.1, -0.05) is 0 Å². The van der Waals surface area contributed by atoms with Gasteiger partial charge in [-0.05, 0) is 12.8 Å². The van der Waals surface area contributed by atoms with Crippen molar-refractivity contribution in [1.82, 2.24) is 0 Å². The molecule has 0 radical (unpaired) electrons. The minimum Gasteiger partial charge on any atom is -0.379 e. The maximum Gasteiger partial charge on any atom is 0.215 e. The van der Waals surface area contributed by atoms with Crippen LogP contribution in [0.1, 0.15) is 25.7 Å². The van der Waals surface area contributed by atoms with E-state index in [9.17, 15) is 10.1 Å². The molecule has 0 aromatic rings. The van der Waals surface area contributed by atoms with Crippen LogP contribution in [0.15, 0.2) is 0 Å². The summed E-state index contributed by atoms with van der Waals surface area (Å²) >= 11 is 5.55. The minimum atomic E-state index is -0.493. The van der Waals surface area contributed by atoms with Crippen LogP contribution in [0.5, 0.6) is 0 Å². The fraction of sp³-hybridized carbons (Fsp3) is 1.00. The molecule has 0 aliphatic heterocycles. The van der Waals surface area contributed by atoms with E-state index < -0.39 is 6.04 Å². The molecule has 6 heteroatoms. The predicted octanol–water partition coefficient (Wildman–Crippen LogP) is 1.84. The molecule has 1 aliphatic carbocycles. The van der Waals surface area contributed by atoms with Crippen LogP contribution in [0.25, 0.3) is 0 Å². The zero-order valence-electron chi connectivity index (χ0n) is 9.43. The molecule has 0 N–H and O–H groups in total. The quantitative estimate of drug-likeness (QED) is 0.313. The van der Waals surface area contributed by atoms with E-state index in [1.54, 1.807) is 7.11 Å². The summed E-state index contributed by atoms with van der Waals surface area (Å²) in [5.41, 5.74) is 0. The molecular formula is C10H18ClNO4. The molecule has 1 rings (SSSR count). The van der Waals surface area contributed by atoms with Crippen LogP contribution in [0.2, 0.25) is 0 Å². The monoisotopic (exact) mass is 251 g/mol. The number of alkyl halides is 1. The number of hydrogen-bond donors (Lipinski definition) is 0. The van der Waals surface area contributed by atoms with Crippen LogP contribution in [0.4, 0.5) is 0 Å². The first-order valence-electron chi connectivity index (χ1n) is 5.53. The molecule has 0 amide bonds. The van der Waals surface area contributed by atoms with E-state index >= 15 is 0 Å². The molecule has 0 bridgehead atoms. The third-order valence-corrected chi connectivity index (χ3v) is 3.18. The molecule has 0 heterocycles. The topological polar surface area (TPSA) is 61.6 Å². The van der Waals surface area contributed by atoms with E-state index in [0.717, 1.165) is 6.42 Å². The van der Waals surface area contributed by atoms with Gasteiger partial charge in [0.25, 0.3) is 0 Å². The second-order valence-corrected chi connectivity index (χ2v) is 4.36. The van der Waals surface area contributed by atoms with Gasteiger partial charge in [-0.2, -0.15) is 0 Å². The lowest BCUT2D eigenvalue weighted by Gasteiger charge is -2.31. The lowest BCUT2D eigenvalue weighted by atomic mass is 9.90. The lowest BCUT2D eigenvalue weighted by molar-refractivity contribution is -0.530. The van der Waals surface area contributed by atoms with Gasteiger partial charge in [0.2, 0.25) is 6.04 Å². The Labute approximate surface area is 100 Å². The zero-order chi connectivity index (χ0) is 12.0. The first-order valence-corrected chi connectivity index (χ1v) is 6.06. The van der Waals surface area contributed by atoms with Crippen molar-refractivity contribution in [3.63, 3.8) is 0 Å². The number of hydrogen-bond acceptors (Lipinski definition) is 4.